The molecule has 0 bridgehead atoms. The highest BCUT2D eigenvalue weighted by atomic mass is 19.4. The molecule has 20 heteroatoms. The average Bonchev–Trinajstić information content (AvgIpc) is 2.95. The highest BCUT2D eigenvalue weighted by Gasteiger charge is 2.47. The van der Waals surface area contributed by atoms with Crippen molar-refractivity contribution in [2.45, 2.75) is 67.5 Å². The number of aliphatic hydroxyl groups excluding tert-OH is 8. The first kappa shape index (κ1) is 36.5. The Morgan fingerprint density at radius 2 is 1.40 bits per heavy atom. The molecule has 2 amide bonds. The molecule has 1 aromatic carbocycles. The van der Waals surface area contributed by atoms with Crippen molar-refractivity contribution in [1.29, 1.82) is 0 Å². The summed E-state index contributed by atoms with van der Waals surface area (Å²) in [4.78, 5) is 24.5. The summed E-state index contributed by atoms with van der Waals surface area (Å²) in [5.74, 6) is -2.77. The van der Waals surface area contributed by atoms with E-state index in [1.165, 1.54) is 0 Å². The second-order valence-electron chi connectivity index (χ2n) is 9.32. The number of rotatable bonds is 12. The van der Waals surface area contributed by atoms with Crippen molar-refractivity contribution in [2.75, 3.05) is 26.3 Å². The summed E-state index contributed by atoms with van der Waals surface area (Å²) >= 11 is 0. The topological polar surface area (TPSA) is 238 Å². The number of hydrogen-bond donors (Lipinski definition) is 10. The van der Waals surface area contributed by atoms with E-state index in [4.69, 9.17) is 9.47 Å². The minimum absolute atomic E-state index is 0.175. The van der Waals surface area contributed by atoms with Crippen LogP contribution in [0.4, 0.5) is 26.3 Å². The van der Waals surface area contributed by atoms with Gasteiger partial charge in [0.2, 0.25) is 0 Å². The molecule has 1 aliphatic rings. The molecule has 1 heterocycles. The molecule has 0 spiro atoms. The molecular weight excluding hydrogens is 610 g/mol. The van der Waals surface area contributed by atoms with Gasteiger partial charge in [-0.05, 0) is 18.2 Å². The second kappa shape index (κ2) is 14.9. The summed E-state index contributed by atoms with van der Waals surface area (Å²) in [6.07, 6.45) is -28.6. The minimum atomic E-state index is -5.20. The number of amides is 2. The lowest BCUT2D eigenvalue weighted by Gasteiger charge is -2.42. The van der Waals surface area contributed by atoms with E-state index in [0.29, 0.717) is 0 Å². The van der Waals surface area contributed by atoms with Gasteiger partial charge in [-0.25, -0.2) is 0 Å². The van der Waals surface area contributed by atoms with Crippen LogP contribution >= 0.6 is 0 Å². The van der Waals surface area contributed by atoms with Crippen molar-refractivity contribution in [3.63, 3.8) is 0 Å². The van der Waals surface area contributed by atoms with Gasteiger partial charge in [0, 0.05) is 18.7 Å². The molecule has 246 valence electrons. The number of aliphatic hydroxyl groups is 8. The quantitative estimate of drug-likeness (QED) is 0.0805. The van der Waals surface area contributed by atoms with E-state index in [9.17, 15) is 76.8 Å². The Hall–Kier alpha value is -2.66. The van der Waals surface area contributed by atoms with Crippen LogP contribution in [-0.4, -0.2) is 134 Å². The van der Waals surface area contributed by atoms with Crippen LogP contribution in [-0.2, 0) is 26.6 Å². The van der Waals surface area contributed by atoms with Crippen molar-refractivity contribution in [3.8, 4) is 0 Å². The van der Waals surface area contributed by atoms with Crippen LogP contribution in [0.25, 0.3) is 0 Å². The third-order valence-corrected chi connectivity index (χ3v) is 6.19. The zero-order chi connectivity index (χ0) is 32.9. The molecule has 0 saturated carbocycles. The molecule has 1 aliphatic heterocycles. The van der Waals surface area contributed by atoms with Crippen LogP contribution in [0.3, 0.4) is 0 Å². The molecule has 0 radical (unpaired) electrons. The van der Waals surface area contributed by atoms with Gasteiger partial charge in [0.05, 0.1) is 24.3 Å². The van der Waals surface area contributed by atoms with Crippen molar-refractivity contribution in [3.05, 3.63) is 34.9 Å². The van der Waals surface area contributed by atoms with Crippen molar-refractivity contribution in [1.82, 2.24) is 10.6 Å². The molecule has 9 atom stereocenters. The van der Waals surface area contributed by atoms with Crippen LogP contribution in [0.15, 0.2) is 18.2 Å². The highest BCUT2D eigenvalue weighted by Crippen LogP contribution is 2.36. The smallest absolute Gasteiger partial charge is 0.394 e. The summed E-state index contributed by atoms with van der Waals surface area (Å²) in [6.45, 7) is -3.18. The van der Waals surface area contributed by atoms with Crippen molar-refractivity contribution < 1.29 is 86.3 Å². The van der Waals surface area contributed by atoms with E-state index in [1.807, 2.05) is 10.6 Å². The van der Waals surface area contributed by atoms with Crippen LogP contribution in [0, 0.1) is 0 Å². The molecule has 10 N–H and O–H groups in total. The van der Waals surface area contributed by atoms with Gasteiger partial charge >= 0.3 is 12.4 Å². The number of ether oxygens (including phenoxy) is 2. The SMILES string of the molecule is O=C(NCCNC(=O)[C@H](O)[C@@H](O)[C@H](O[C@@H]1O[C@H](CO)[C@H](O)[C@H](O)[C@H]1O)[C@H](O)CO)c1cc(C(F)(F)F)cc(C(F)(F)F)c1. The molecule has 2 rings (SSSR count). The Balaban J connectivity index is 2.02. The molecular formula is C23H30F6N2O12. The Bertz CT molecular complexity index is 1060. The lowest BCUT2D eigenvalue weighted by molar-refractivity contribution is -0.326. The van der Waals surface area contributed by atoms with Crippen LogP contribution < -0.4 is 10.6 Å². The lowest BCUT2D eigenvalue weighted by Crippen LogP contribution is -2.62. The predicted molar refractivity (Wildman–Crippen MR) is 126 cm³/mol. The van der Waals surface area contributed by atoms with Gasteiger partial charge in [-0.2, -0.15) is 26.3 Å². The highest BCUT2D eigenvalue weighted by molar-refractivity contribution is 5.94. The summed E-state index contributed by atoms with van der Waals surface area (Å²) in [5.41, 5.74) is -4.46. The Labute approximate surface area is 238 Å². The number of halogens is 6. The number of alkyl halides is 6. The zero-order valence-corrected chi connectivity index (χ0v) is 21.7. The largest absolute Gasteiger partial charge is 0.416 e. The molecule has 1 saturated heterocycles. The van der Waals surface area contributed by atoms with Crippen LogP contribution in [0.5, 0.6) is 0 Å². The Morgan fingerprint density at radius 1 is 0.860 bits per heavy atom. The number of benzene rings is 1. The van der Waals surface area contributed by atoms with Gasteiger partial charge in [-0.15, -0.1) is 0 Å². The van der Waals surface area contributed by atoms with E-state index in [0.717, 1.165) is 0 Å². The van der Waals surface area contributed by atoms with E-state index in [2.05, 4.69) is 0 Å². The second-order valence-corrected chi connectivity index (χ2v) is 9.32. The maximum absolute atomic E-state index is 13.0. The van der Waals surface area contributed by atoms with Gasteiger partial charge in [0.25, 0.3) is 11.8 Å². The molecule has 1 fully saturated rings. The van der Waals surface area contributed by atoms with E-state index in [-0.39, 0.29) is 18.2 Å². The van der Waals surface area contributed by atoms with E-state index < -0.39 is 122 Å². The molecule has 0 aromatic heterocycles. The third-order valence-electron chi connectivity index (χ3n) is 6.19. The molecule has 14 nitrogen and oxygen atoms in total. The maximum atomic E-state index is 13.0. The van der Waals surface area contributed by atoms with Gasteiger partial charge < -0.3 is 61.0 Å². The number of nitrogens with one attached hydrogen (secondary N) is 2. The number of hydrogen-bond acceptors (Lipinski definition) is 12. The fraction of sp³-hybridized carbons (Fsp3) is 0.652. The lowest BCUT2D eigenvalue weighted by atomic mass is 9.98. The molecule has 0 unspecified atom stereocenters. The normalized spacial score (nSPS) is 25.9. The fourth-order valence-corrected chi connectivity index (χ4v) is 3.83. The van der Waals surface area contributed by atoms with Crippen LogP contribution in [0.1, 0.15) is 21.5 Å². The number of carbonyl (C=O) groups excluding carboxylic acids is 2. The van der Waals surface area contributed by atoms with Crippen molar-refractivity contribution in [2.24, 2.45) is 0 Å². The first-order valence-electron chi connectivity index (χ1n) is 12.3. The van der Waals surface area contributed by atoms with Gasteiger partial charge in [-0.1, -0.05) is 0 Å². The summed E-state index contributed by atoms with van der Waals surface area (Å²) in [6, 6.07) is 0.197. The van der Waals surface area contributed by atoms with Gasteiger partial charge in [-0.3, -0.25) is 9.59 Å². The summed E-state index contributed by atoms with van der Waals surface area (Å²) in [7, 11) is 0. The Kier molecular flexibility index (Phi) is 12.6. The predicted octanol–water partition coefficient (Wildman–Crippen LogP) is -3.17. The minimum Gasteiger partial charge on any atom is -0.394 e. The summed E-state index contributed by atoms with van der Waals surface area (Å²) in [5, 5.41) is 82.9. The maximum Gasteiger partial charge on any atom is 0.416 e. The average molecular weight is 640 g/mol. The number of carbonyl (C=O) groups is 2. The van der Waals surface area contributed by atoms with Gasteiger partial charge in [0.1, 0.15) is 42.7 Å². The standard InChI is InChI=1S/C23H30F6N2O12/c24-22(25,26)9-3-8(4-10(5-9)23(27,28)29)19(40)30-1-2-31-20(41)16(38)15(37)18(11(34)6-32)43-21-17(39)14(36)13(35)12(7-33)42-21/h3-5,11-18,21,32-39H,1-2,6-7H2,(H,30,40)(H,31,41)/t11-,12-,13+,14+,15-,16-,17-,18-,21+/m1/s1. The van der Waals surface area contributed by atoms with Crippen LogP contribution in [0.2, 0.25) is 0 Å². The monoisotopic (exact) mass is 640 g/mol. The molecule has 43 heavy (non-hydrogen) atoms. The van der Waals surface area contributed by atoms with E-state index in [1.54, 1.807) is 0 Å². The summed E-state index contributed by atoms with van der Waals surface area (Å²) < 4.78 is 88.2. The third kappa shape index (κ3) is 9.41. The Morgan fingerprint density at radius 3 is 1.88 bits per heavy atom. The van der Waals surface area contributed by atoms with Crippen molar-refractivity contribution >= 4 is 11.8 Å². The molecule has 1 aromatic rings. The van der Waals surface area contributed by atoms with E-state index >= 15 is 0 Å². The fourth-order valence-electron chi connectivity index (χ4n) is 3.83. The van der Waals surface area contributed by atoms with Gasteiger partial charge in [0.15, 0.2) is 12.4 Å². The zero-order valence-electron chi connectivity index (χ0n) is 21.7. The first-order chi connectivity index (χ1) is 19.8. The first-order valence-corrected chi connectivity index (χ1v) is 12.3. The molecule has 0 aliphatic carbocycles.